The second-order valence-corrected chi connectivity index (χ2v) is 3.74. The van der Waals surface area contributed by atoms with Crippen LogP contribution in [-0.2, 0) is 0 Å². The van der Waals surface area contributed by atoms with E-state index in [4.69, 9.17) is 11.6 Å². The lowest BCUT2D eigenvalue weighted by Gasteiger charge is -2.10. The van der Waals surface area contributed by atoms with Crippen LogP contribution in [0.3, 0.4) is 0 Å². The summed E-state index contributed by atoms with van der Waals surface area (Å²) in [7, 11) is 0. The zero-order valence-electron chi connectivity index (χ0n) is 8.13. The molecule has 0 aliphatic carbocycles. The minimum Gasteiger partial charge on any atom is -0.388 e. The maximum Gasteiger partial charge on any atom is 0.142 e. The van der Waals surface area contributed by atoms with Gasteiger partial charge in [0.25, 0.3) is 0 Å². The summed E-state index contributed by atoms with van der Waals surface area (Å²) >= 11 is 5.53. The van der Waals surface area contributed by atoms with Gasteiger partial charge in [-0.25, -0.2) is 4.39 Å². The third-order valence-corrected chi connectivity index (χ3v) is 2.47. The Morgan fingerprint density at radius 1 is 1.50 bits per heavy atom. The third-order valence-electron chi connectivity index (χ3n) is 2.16. The largest absolute Gasteiger partial charge is 0.388 e. The summed E-state index contributed by atoms with van der Waals surface area (Å²) in [5, 5.41) is 9.75. The fourth-order valence-corrected chi connectivity index (χ4v) is 1.40. The molecule has 1 rings (SSSR count). The van der Waals surface area contributed by atoms with Crippen molar-refractivity contribution < 1.29 is 9.50 Å². The van der Waals surface area contributed by atoms with Crippen LogP contribution in [0.4, 0.5) is 4.39 Å². The predicted molar refractivity (Wildman–Crippen MR) is 55.9 cm³/mol. The van der Waals surface area contributed by atoms with Gasteiger partial charge in [0.05, 0.1) is 11.1 Å². The van der Waals surface area contributed by atoms with Crippen LogP contribution in [0.5, 0.6) is 0 Å². The van der Waals surface area contributed by atoms with E-state index in [1.54, 1.807) is 6.07 Å². The first kappa shape index (κ1) is 11.5. The van der Waals surface area contributed by atoms with Crippen LogP contribution in [0.1, 0.15) is 37.9 Å². The number of benzene rings is 1. The summed E-state index contributed by atoms with van der Waals surface area (Å²) in [5.74, 6) is -0.472. The maximum absolute atomic E-state index is 13.0. The normalized spacial score (nSPS) is 12.9. The molecule has 0 radical (unpaired) electrons. The lowest BCUT2D eigenvalue weighted by molar-refractivity contribution is 0.164. The molecule has 1 nitrogen and oxygen atoms in total. The van der Waals surface area contributed by atoms with E-state index in [2.05, 4.69) is 6.92 Å². The van der Waals surface area contributed by atoms with Crippen LogP contribution in [0, 0.1) is 5.82 Å². The highest BCUT2D eigenvalue weighted by Gasteiger charge is 2.09. The van der Waals surface area contributed by atoms with Gasteiger partial charge in [0, 0.05) is 0 Å². The second kappa shape index (κ2) is 5.32. The molecule has 3 heteroatoms. The van der Waals surface area contributed by atoms with Gasteiger partial charge in [-0.05, 0) is 24.1 Å². The van der Waals surface area contributed by atoms with Crippen LogP contribution >= 0.6 is 11.6 Å². The summed E-state index contributed by atoms with van der Waals surface area (Å²) < 4.78 is 13.0. The summed E-state index contributed by atoms with van der Waals surface area (Å²) in [6.45, 7) is 2.05. The Morgan fingerprint density at radius 3 is 2.79 bits per heavy atom. The molecule has 0 aliphatic rings. The Kier molecular flexibility index (Phi) is 4.36. The molecule has 0 spiro atoms. The minimum absolute atomic E-state index is 0.0939. The van der Waals surface area contributed by atoms with E-state index >= 15 is 0 Å². The Bertz CT molecular complexity index is 301. The van der Waals surface area contributed by atoms with Crippen molar-refractivity contribution in [3.8, 4) is 0 Å². The molecule has 0 aromatic heterocycles. The monoisotopic (exact) mass is 216 g/mol. The fourth-order valence-electron chi connectivity index (χ4n) is 1.28. The standard InChI is InChI=1S/C11H14ClFO/c1-2-3-4-11(14)8-5-6-9(12)10(13)7-8/h5-7,11,14H,2-4H2,1H3. The lowest BCUT2D eigenvalue weighted by Crippen LogP contribution is -1.97. The highest BCUT2D eigenvalue weighted by atomic mass is 35.5. The first-order chi connectivity index (χ1) is 6.65. The van der Waals surface area contributed by atoms with Crippen LogP contribution in [0.15, 0.2) is 18.2 Å². The Labute approximate surface area is 88.5 Å². The van der Waals surface area contributed by atoms with E-state index in [-0.39, 0.29) is 5.02 Å². The fraction of sp³-hybridized carbons (Fsp3) is 0.455. The molecule has 0 saturated carbocycles. The van der Waals surface area contributed by atoms with Gasteiger partial charge in [-0.2, -0.15) is 0 Å². The van der Waals surface area contributed by atoms with Crippen molar-refractivity contribution >= 4 is 11.6 Å². The van der Waals surface area contributed by atoms with Crippen molar-refractivity contribution in [2.24, 2.45) is 0 Å². The summed E-state index contributed by atoms with van der Waals surface area (Å²) in [6, 6.07) is 4.43. The molecule has 0 aliphatic heterocycles. The molecule has 1 atom stereocenters. The molecule has 0 amide bonds. The van der Waals surface area contributed by atoms with E-state index in [0.29, 0.717) is 12.0 Å². The average molecular weight is 217 g/mol. The van der Waals surface area contributed by atoms with Crippen molar-refractivity contribution in [2.45, 2.75) is 32.3 Å². The molecular weight excluding hydrogens is 203 g/mol. The zero-order chi connectivity index (χ0) is 10.6. The Balaban J connectivity index is 2.70. The van der Waals surface area contributed by atoms with Crippen molar-refractivity contribution in [2.75, 3.05) is 0 Å². The van der Waals surface area contributed by atoms with Crippen LogP contribution < -0.4 is 0 Å². The molecular formula is C11H14ClFO. The van der Waals surface area contributed by atoms with Crippen LogP contribution in [-0.4, -0.2) is 5.11 Å². The van der Waals surface area contributed by atoms with Crippen LogP contribution in [0.2, 0.25) is 5.02 Å². The van der Waals surface area contributed by atoms with E-state index in [9.17, 15) is 9.50 Å². The first-order valence-corrected chi connectivity index (χ1v) is 5.16. The van der Waals surface area contributed by atoms with Gasteiger partial charge < -0.3 is 5.11 Å². The molecule has 1 aromatic carbocycles. The summed E-state index contributed by atoms with van der Waals surface area (Å²) in [6.07, 6.45) is 2.04. The number of aliphatic hydroxyl groups excluding tert-OH is 1. The topological polar surface area (TPSA) is 20.2 Å². The summed E-state index contributed by atoms with van der Waals surface area (Å²) in [4.78, 5) is 0. The van der Waals surface area contributed by atoms with Crippen molar-refractivity contribution in [1.29, 1.82) is 0 Å². The number of aliphatic hydroxyl groups is 1. The van der Waals surface area contributed by atoms with Gasteiger partial charge in [-0.15, -0.1) is 0 Å². The summed E-state index contributed by atoms with van der Waals surface area (Å²) in [5.41, 5.74) is 0.598. The van der Waals surface area contributed by atoms with E-state index in [1.165, 1.54) is 12.1 Å². The predicted octanol–water partition coefficient (Wildman–Crippen LogP) is 3.70. The minimum atomic E-state index is -0.582. The van der Waals surface area contributed by atoms with Crippen molar-refractivity contribution in [1.82, 2.24) is 0 Å². The Hall–Kier alpha value is -0.600. The van der Waals surface area contributed by atoms with Crippen molar-refractivity contribution in [3.05, 3.63) is 34.6 Å². The van der Waals surface area contributed by atoms with Gasteiger partial charge in [0.1, 0.15) is 5.82 Å². The van der Waals surface area contributed by atoms with Gasteiger partial charge in [-0.1, -0.05) is 37.4 Å². The highest BCUT2D eigenvalue weighted by molar-refractivity contribution is 6.30. The first-order valence-electron chi connectivity index (χ1n) is 4.78. The molecule has 1 N–H and O–H groups in total. The van der Waals surface area contributed by atoms with E-state index < -0.39 is 11.9 Å². The number of hydrogen-bond acceptors (Lipinski definition) is 1. The van der Waals surface area contributed by atoms with Crippen LogP contribution in [0.25, 0.3) is 0 Å². The van der Waals surface area contributed by atoms with Crippen molar-refractivity contribution in [3.63, 3.8) is 0 Å². The maximum atomic E-state index is 13.0. The second-order valence-electron chi connectivity index (χ2n) is 3.33. The van der Waals surface area contributed by atoms with Gasteiger partial charge >= 0.3 is 0 Å². The number of hydrogen-bond donors (Lipinski definition) is 1. The van der Waals surface area contributed by atoms with Gasteiger partial charge in [0.15, 0.2) is 0 Å². The lowest BCUT2D eigenvalue weighted by atomic mass is 10.0. The molecule has 1 unspecified atom stereocenters. The quantitative estimate of drug-likeness (QED) is 0.814. The Morgan fingerprint density at radius 2 is 2.21 bits per heavy atom. The van der Waals surface area contributed by atoms with Gasteiger partial charge in [0.2, 0.25) is 0 Å². The molecule has 78 valence electrons. The SMILES string of the molecule is CCCCC(O)c1ccc(Cl)c(F)c1. The molecule has 0 fully saturated rings. The van der Waals surface area contributed by atoms with E-state index in [1.807, 2.05) is 0 Å². The molecule has 0 bridgehead atoms. The average Bonchev–Trinajstić information content (AvgIpc) is 2.18. The number of halogens is 2. The van der Waals surface area contributed by atoms with Gasteiger partial charge in [-0.3, -0.25) is 0 Å². The number of rotatable bonds is 4. The highest BCUT2D eigenvalue weighted by Crippen LogP contribution is 2.23. The third kappa shape index (κ3) is 2.96. The smallest absolute Gasteiger partial charge is 0.142 e. The zero-order valence-corrected chi connectivity index (χ0v) is 8.89. The van der Waals surface area contributed by atoms with E-state index in [0.717, 1.165) is 12.8 Å². The number of unbranched alkanes of at least 4 members (excludes halogenated alkanes) is 1. The molecule has 1 aromatic rings. The molecule has 0 saturated heterocycles. The molecule has 0 heterocycles. The molecule has 14 heavy (non-hydrogen) atoms.